The molecule has 0 aromatic carbocycles. The highest BCUT2D eigenvalue weighted by atomic mass is 16.6. The third-order valence-electron chi connectivity index (χ3n) is 3.99. The minimum absolute atomic E-state index is 0.188. The molecule has 0 amide bonds. The van der Waals surface area contributed by atoms with Crippen molar-refractivity contribution in [3.8, 4) is 0 Å². The summed E-state index contributed by atoms with van der Waals surface area (Å²) in [7, 11) is 0. The van der Waals surface area contributed by atoms with Gasteiger partial charge in [-0.15, -0.1) is 0 Å². The van der Waals surface area contributed by atoms with Crippen molar-refractivity contribution >= 4 is 5.97 Å². The minimum atomic E-state index is -0.584. The summed E-state index contributed by atoms with van der Waals surface area (Å²) in [5, 5.41) is 13.7. The van der Waals surface area contributed by atoms with Gasteiger partial charge in [-0.1, -0.05) is 13.3 Å². The van der Waals surface area contributed by atoms with Crippen molar-refractivity contribution in [3.05, 3.63) is 0 Å². The van der Waals surface area contributed by atoms with Gasteiger partial charge in [0, 0.05) is 13.1 Å². The van der Waals surface area contributed by atoms with Crippen LogP contribution < -0.4 is 5.32 Å². The molecule has 0 radical (unpaired) electrons. The van der Waals surface area contributed by atoms with Crippen molar-refractivity contribution in [1.29, 1.82) is 0 Å². The Labute approximate surface area is 123 Å². The number of esters is 1. The van der Waals surface area contributed by atoms with Crippen LogP contribution in [-0.2, 0) is 9.53 Å². The Bertz CT molecular complexity index is 301. The molecule has 1 aliphatic carbocycles. The Morgan fingerprint density at radius 1 is 1.35 bits per heavy atom. The molecule has 0 aromatic rings. The van der Waals surface area contributed by atoms with Gasteiger partial charge in [-0.25, -0.2) is 0 Å². The number of carbonyl (C=O) groups excluding carboxylic acids is 1. The van der Waals surface area contributed by atoms with Gasteiger partial charge in [0.25, 0.3) is 0 Å². The quantitative estimate of drug-likeness (QED) is 0.582. The van der Waals surface area contributed by atoms with E-state index in [4.69, 9.17) is 4.74 Å². The molecule has 0 heterocycles. The lowest BCUT2D eigenvalue weighted by Gasteiger charge is -2.36. The largest absolute Gasteiger partial charge is 0.460 e. The molecule has 20 heavy (non-hydrogen) atoms. The molecule has 0 bridgehead atoms. The van der Waals surface area contributed by atoms with E-state index in [9.17, 15) is 9.90 Å². The predicted octanol–water partition coefficient (Wildman–Crippen LogP) is 2.64. The Balaban J connectivity index is 2.16. The van der Waals surface area contributed by atoms with Gasteiger partial charge < -0.3 is 15.2 Å². The van der Waals surface area contributed by atoms with Crippen LogP contribution >= 0.6 is 0 Å². The van der Waals surface area contributed by atoms with E-state index in [2.05, 4.69) is 12.2 Å². The number of ether oxygens (including phenoxy) is 1. The highest BCUT2D eigenvalue weighted by Gasteiger charge is 2.32. The topological polar surface area (TPSA) is 58.6 Å². The predicted molar refractivity (Wildman–Crippen MR) is 80.5 cm³/mol. The van der Waals surface area contributed by atoms with Gasteiger partial charge in [-0.2, -0.15) is 0 Å². The lowest BCUT2D eigenvalue weighted by atomic mass is 9.78. The second-order valence-corrected chi connectivity index (χ2v) is 7.09. The Kier molecular flexibility index (Phi) is 6.46. The highest BCUT2D eigenvalue weighted by Crippen LogP contribution is 2.33. The standard InChI is InChI=1S/C16H31NO3/c1-5-13-6-9-16(19,10-7-13)12-17-11-8-14(18)20-15(2,3)4/h13,17,19H,5-12H2,1-4H3. The molecule has 2 N–H and O–H groups in total. The molecule has 0 aliphatic heterocycles. The first kappa shape index (κ1) is 17.4. The van der Waals surface area contributed by atoms with Crippen molar-refractivity contribution in [1.82, 2.24) is 5.32 Å². The molecule has 1 rings (SSSR count). The third kappa shape index (κ3) is 6.71. The van der Waals surface area contributed by atoms with E-state index in [1.807, 2.05) is 20.8 Å². The van der Waals surface area contributed by atoms with Gasteiger partial charge in [0.05, 0.1) is 12.0 Å². The average molecular weight is 285 g/mol. The van der Waals surface area contributed by atoms with E-state index in [0.29, 0.717) is 19.5 Å². The van der Waals surface area contributed by atoms with Crippen LogP contribution in [0.15, 0.2) is 0 Å². The van der Waals surface area contributed by atoms with E-state index in [0.717, 1.165) is 31.6 Å². The first-order valence-corrected chi connectivity index (χ1v) is 7.89. The summed E-state index contributed by atoms with van der Waals surface area (Å²) in [5.41, 5.74) is -1.01. The first-order valence-electron chi connectivity index (χ1n) is 7.89. The third-order valence-corrected chi connectivity index (χ3v) is 3.99. The molecule has 0 aromatic heterocycles. The number of carbonyl (C=O) groups is 1. The SMILES string of the molecule is CCC1CCC(O)(CNCCC(=O)OC(C)(C)C)CC1. The highest BCUT2D eigenvalue weighted by molar-refractivity contribution is 5.70. The maximum absolute atomic E-state index is 11.5. The zero-order valence-electron chi connectivity index (χ0n) is 13.5. The van der Waals surface area contributed by atoms with E-state index >= 15 is 0 Å². The number of nitrogens with one attached hydrogen (secondary N) is 1. The molecule has 1 fully saturated rings. The van der Waals surface area contributed by atoms with Gasteiger partial charge in [0.2, 0.25) is 0 Å². The fourth-order valence-electron chi connectivity index (χ4n) is 2.70. The van der Waals surface area contributed by atoms with Gasteiger partial charge in [-0.05, 0) is 52.4 Å². The lowest BCUT2D eigenvalue weighted by Crippen LogP contribution is -2.44. The average Bonchev–Trinajstić information content (AvgIpc) is 2.34. The van der Waals surface area contributed by atoms with Crippen LogP contribution in [0.5, 0.6) is 0 Å². The van der Waals surface area contributed by atoms with E-state index in [1.165, 1.54) is 6.42 Å². The van der Waals surface area contributed by atoms with Crippen LogP contribution in [0, 0.1) is 5.92 Å². The Morgan fingerprint density at radius 2 is 1.95 bits per heavy atom. The van der Waals surface area contributed by atoms with Crippen LogP contribution in [0.3, 0.4) is 0 Å². The van der Waals surface area contributed by atoms with Gasteiger partial charge >= 0.3 is 5.97 Å². The van der Waals surface area contributed by atoms with Crippen LogP contribution in [0.2, 0.25) is 0 Å². The Morgan fingerprint density at radius 3 is 2.45 bits per heavy atom. The molecule has 0 unspecified atom stereocenters. The molecule has 1 saturated carbocycles. The molecule has 118 valence electrons. The molecule has 0 atom stereocenters. The molecule has 1 aliphatic rings. The van der Waals surface area contributed by atoms with Crippen molar-refractivity contribution in [2.45, 2.75) is 77.4 Å². The van der Waals surface area contributed by atoms with Crippen LogP contribution in [0.25, 0.3) is 0 Å². The summed E-state index contributed by atoms with van der Waals surface area (Å²) in [4.78, 5) is 11.5. The Hall–Kier alpha value is -0.610. The van der Waals surface area contributed by atoms with E-state index < -0.39 is 11.2 Å². The maximum atomic E-state index is 11.5. The number of rotatable bonds is 6. The number of aliphatic hydroxyl groups is 1. The molecular formula is C16H31NO3. The van der Waals surface area contributed by atoms with Gasteiger partial charge in [0.1, 0.15) is 5.60 Å². The maximum Gasteiger partial charge on any atom is 0.307 e. The molecule has 4 heteroatoms. The molecule has 4 nitrogen and oxygen atoms in total. The summed E-state index contributed by atoms with van der Waals surface area (Å²) in [6.07, 6.45) is 5.52. The van der Waals surface area contributed by atoms with Crippen molar-refractivity contribution in [3.63, 3.8) is 0 Å². The molecule has 0 spiro atoms. The van der Waals surface area contributed by atoms with Crippen LogP contribution in [0.4, 0.5) is 0 Å². The number of hydrogen-bond donors (Lipinski definition) is 2. The fourth-order valence-corrected chi connectivity index (χ4v) is 2.70. The first-order chi connectivity index (χ1) is 9.24. The summed E-state index contributed by atoms with van der Waals surface area (Å²) < 4.78 is 5.24. The second-order valence-electron chi connectivity index (χ2n) is 7.09. The molecular weight excluding hydrogens is 254 g/mol. The lowest BCUT2D eigenvalue weighted by molar-refractivity contribution is -0.154. The summed E-state index contributed by atoms with van der Waals surface area (Å²) in [6, 6.07) is 0. The summed E-state index contributed by atoms with van der Waals surface area (Å²) in [5.74, 6) is 0.587. The van der Waals surface area contributed by atoms with E-state index in [1.54, 1.807) is 0 Å². The fraction of sp³-hybridized carbons (Fsp3) is 0.938. The zero-order valence-corrected chi connectivity index (χ0v) is 13.5. The minimum Gasteiger partial charge on any atom is -0.460 e. The second kappa shape index (κ2) is 7.41. The van der Waals surface area contributed by atoms with Crippen molar-refractivity contribution in [2.75, 3.05) is 13.1 Å². The monoisotopic (exact) mass is 285 g/mol. The summed E-state index contributed by atoms with van der Waals surface area (Å²) in [6.45, 7) is 8.96. The van der Waals surface area contributed by atoms with Gasteiger partial charge in [-0.3, -0.25) is 4.79 Å². The summed E-state index contributed by atoms with van der Waals surface area (Å²) >= 11 is 0. The number of hydrogen-bond acceptors (Lipinski definition) is 4. The van der Waals surface area contributed by atoms with Crippen molar-refractivity contribution in [2.24, 2.45) is 5.92 Å². The molecule has 0 saturated heterocycles. The smallest absolute Gasteiger partial charge is 0.307 e. The van der Waals surface area contributed by atoms with E-state index in [-0.39, 0.29) is 5.97 Å². The van der Waals surface area contributed by atoms with Crippen molar-refractivity contribution < 1.29 is 14.6 Å². The van der Waals surface area contributed by atoms with Crippen LogP contribution in [-0.4, -0.2) is 35.4 Å². The van der Waals surface area contributed by atoms with Gasteiger partial charge in [0.15, 0.2) is 0 Å². The normalized spacial score (nSPS) is 27.4. The zero-order chi connectivity index (χ0) is 15.2. The van der Waals surface area contributed by atoms with Crippen LogP contribution in [0.1, 0.15) is 66.2 Å².